The molecular weight excluding hydrogens is 284 g/mol. The molecule has 1 aliphatic rings. The zero-order chi connectivity index (χ0) is 15.9. The Morgan fingerprint density at radius 3 is 2.45 bits per heavy atom. The summed E-state index contributed by atoms with van der Waals surface area (Å²) < 4.78 is 4.19. The fourth-order valence-electron chi connectivity index (χ4n) is 3.10. The van der Waals surface area contributed by atoms with Gasteiger partial charge in [-0.25, -0.2) is 4.79 Å². The smallest absolute Gasteiger partial charge is 0.332 e. The highest BCUT2D eigenvalue weighted by molar-refractivity contribution is 5.80. The van der Waals surface area contributed by atoms with Gasteiger partial charge in [0.25, 0.3) is 5.56 Å². The van der Waals surface area contributed by atoms with Gasteiger partial charge in [0.05, 0.1) is 5.39 Å². The van der Waals surface area contributed by atoms with Crippen molar-refractivity contribution in [2.75, 3.05) is 13.1 Å². The summed E-state index contributed by atoms with van der Waals surface area (Å²) >= 11 is 0. The van der Waals surface area contributed by atoms with Crippen LogP contribution in [0, 0.1) is 0 Å². The molecule has 0 aromatic carbocycles. The molecule has 2 aromatic heterocycles. The number of carbonyl (C=O) groups is 1. The first-order chi connectivity index (χ1) is 10.5. The third-order valence-electron chi connectivity index (χ3n) is 4.38. The molecule has 0 spiro atoms. The average Bonchev–Trinajstić information content (AvgIpc) is 2.95. The molecular formula is C15H20N4O3. The Hall–Kier alpha value is -2.31. The minimum Gasteiger partial charge on any atom is -0.341 e. The van der Waals surface area contributed by atoms with Crippen LogP contribution in [0.2, 0.25) is 0 Å². The molecule has 118 valence electrons. The molecule has 1 fully saturated rings. The first-order valence-electron chi connectivity index (χ1n) is 7.53. The van der Waals surface area contributed by atoms with Crippen molar-refractivity contribution >= 4 is 16.9 Å². The van der Waals surface area contributed by atoms with Gasteiger partial charge in [-0.15, -0.1) is 0 Å². The van der Waals surface area contributed by atoms with E-state index in [2.05, 4.69) is 0 Å². The first-order valence-corrected chi connectivity index (χ1v) is 7.53. The molecule has 0 aliphatic carbocycles. The molecule has 1 saturated heterocycles. The van der Waals surface area contributed by atoms with Crippen LogP contribution in [0.1, 0.15) is 19.3 Å². The third-order valence-corrected chi connectivity index (χ3v) is 4.38. The third kappa shape index (κ3) is 2.26. The number of rotatable bonds is 2. The van der Waals surface area contributed by atoms with Gasteiger partial charge >= 0.3 is 5.69 Å². The SMILES string of the molecule is Cn1c(=O)c2ccn(CC(=O)N3CCCCC3)c2n(C)c1=O. The van der Waals surface area contributed by atoms with Crippen molar-refractivity contribution in [3.05, 3.63) is 33.1 Å². The first kappa shape index (κ1) is 14.6. The fourth-order valence-corrected chi connectivity index (χ4v) is 3.10. The molecule has 0 bridgehead atoms. The van der Waals surface area contributed by atoms with Gasteiger partial charge < -0.3 is 9.47 Å². The second-order valence-electron chi connectivity index (χ2n) is 5.83. The Balaban J connectivity index is 2.00. The van der Waals surface area contributed by atoms with Crippen LogP contribution < -0.4 is 11.2 Å². The van der Waals surface area contributed by atoms with E-state index in [1.54, 1.807) is 23.9 Å². The summed E-state index contributed by atoms with van der Waals surface area (Å²) in [7, 11) is 3.08. The molecule has 2 aromatic rings. The second kappa shape index (κ2) is 5.47. The number of carbonyl (C=O) groups excluding carboxylic acids is 1. The second-order valence-corrected chi connectivity index (χ2v) is 5.83. The van der Waals surface area contributed by atoms with Crippen LogP contribution in [0.4, 0.5) is 0 Å². The van der Waals surface area contributed by atoms with E-state index in [-0.39, 0.29) is 23.7 Å². The van der Waals surface area contributed by atoms with Gasteiger partial charge in [0.1, 0.15) is 12.2 Å². The Morgan fingerprint density at radius 1 is 1.09 bits per heavy atom. The van der Waals surface area contributed by atoms with Gasteiger partial charge in [-0.3, -0.25) is 18.7 Å². The van der Waals surface area contributed by atoms with Gasteiger partial charge in [-0.2, -0.15) is 0 Å². The standard InChI is InChI=1S/C15H20N4O3/c1-16-13-11(14(21)17(2)15(16)22)6-9-19(13)10-12(20)18-7-4-3-5-8-18/h6,9H,3-5,7-8,10H2,1-2H3. The highest BCUT2D eigenvalue weighted by Gasteiger charge is 2.19. The Kier molecular flexibility index (Phi) is 3.64. The lowest BCUT2D eigenvalue weighted by Crippen LogP contribution is -2.39. The molecule has 0 unspecified atom stereocenters. The van der Waals surface area contributed by atoms with E-state index < -0.39 is 0 Å². The monoisotopic (exact) mass is 304 g/mol. The maximum atomic E-state index is 12.4. The lowest BCUT2D eigenvalue weighted by molar-refractivity contribution is -0.132. The van der Waals surface area contributed by atoms with E-state index in [4.69, 9.17) is 0 Å². The van der Waals surface area contributed by atoms with Gasteiger partial charge in [0, 0.05) is 33.4 Å². The zero-order valence-electron chi connectivity index (χ0n) is 12.9. The highest BCUT2D eigenvalue weighted by atomic mass is 16.2. The van der Waals surface area contributed by atoms with Crippen LogP contribution in [0.25, 0.3) is 11.0 Å². The quantitative estimate of drug-likeness (QED) is 0.787. The summed E-state index contributed by atoms with van der Waals surface area (Å²) in [4.78, 5) is 38.4. The van der Waals surface area contributed by atoms with Crippen LogP contribution in [0.3, 0.4) is 0 Å². The van der Waals surface area contributed by atoms with Crippen molar-refractivity contribution in [1.82, 2.24) is 18.6 Å². The van der Waals surface area contributed by atoms with E-state index >= 15 is 0 Å². The number of likely N-dealkylation sites (tertiary alicyclic amines) is 1. The van der Waals surface area contributed by atoms with Crippen molar-refractivity contribution in [3.8, 4) is 0 Å². The number of hydrogen-bond donors (Lipinski definition) is 0. The fraction of sp³-hybridized carbons (Fsp3) is 0.533. The van der Waals surface area contributed by atoms with E-state index in [0.717, 1.165) is 30.5 Å². The molecule has 7 heteroatoms. The number of hydrogen-bond acceptors (Lipinski definition) is 3. The average molecular weight is 304 g/mol. The molecule has 0 saturated carbocycles. The number of nitrogens with zero attached hydrogens (tertiary/aromatic N) is 4. The van der Waals surface area contributed by atoms with Crippen LogP contribution in [0.5, 0.6) is 0 Å². The van der Waals surface area contributed by atoms with Crippen LogP contribution in [0.15, 0.2) is 21.9 Å². The van der Waals surface area contributed by atoms with Crippen LogP contribution in [-0.4, -0.2) is 37.6 Å². The summed E-state index contributed by atoms with van der Waals surface area (Å²) in [5, 5.41) is 0.455. The van der Waals surface area contributed by atoms with Gasteiger partial charge in [-0.1, -0.05) is 0 Å². The number of aromatic nitrogens is 3. The van der Waals surface area contributed by atoms with Gasteiger partial charge in [0.2, 0.25) is 5.91 Å². The molecule has 7 nitrogen and oxygen atoms in total. The molecule has 1 aliphatic heterocycles. The highest BCUT2D eigenvalue weighted by Crippen LogP contribution is 2.13. The van der Waals surface area contributed by atoms with E-state index in [9.17, 15) is 14.4 Å². The summed E-state index contributed by atoms with van der Waals surface area (Å²) in [6, 6.07) is 1.67. The van der Waals surface area contributed by atoms with Crippen molar-refractivity contribution < 1.29 is 4.79 Å². The lowest BCUT2D eigenvalue weighted by atomic mass is 10.1. The number of aryl methyl sites for hydroxylation is 1. The molecule has 3 rings (SSSR count). The van der Waals surface area contributed by atoms with Crippen LogP contribution in [-0.2, 0) is 25.4 Å². The van der Waals surface area contributed by atoms with E-state index in [1.165, 1.54) is 18.0 Å². The zero-order valence-corrected chi connectivity index (χ0v) is 12.9. The molecule has 3 heterocycles. The van der Waals surface area contributed by atoms with Crippen LogP contribution >= 0.6 is 0 Å². The molecule has 0 N–H and O–H groups in total. The Labute approximate surface area is 127 Å². The predicted octanol–water partition coefficient (Wildman–Crippen LogP) is 0.0512. The Morgan fingerprint density at radius 2 is 1.77 bits per heavy atom. The van der Waals surface area contributed by atoms with E-state index in [0.29, 0.717) is 11.0 Å². The number of fused-ring (bicyclic) bond motifs is 1. The maximum absolute atomic E-state index is 12.4. The van der Waals surface area contributed by atoms with Crippen molar-refractivity contribution in [1.29, 1.82) is 0 Å². The topological polar surface area (TPSA) is 69.2 Å². The molecule has 0 atom stereocenters. The van der Waals surface area contributed by atoms with Crippen molar-refractivity contribution in [2.45, 2.75) is 25.8 Å². The normalized spacial score (nSPS) is 15.5. The minimum absolute atomic E-state index is 0.0327. The molecule has 1 amide bonds. The minimum atomic E-state index is -0.386. The summed E-state index contributed by atoms with van der Waals surface area (Å²) in [6.45, 7) is 1.74. The molecule has 0 radical (unpaired) electrons. The maximum Gasteiger partial charge on any atom is 0.332 e. The van der Waals surface area contributed by atoms with E-state index in [1.807, 2.05) is 4.90 Å². The van der Waals surface area contributed by atoms with Gasteiger partial charge in [-0.05, 0) is 25.3 Å². The number of piperidine rings is 1. The lowest BCUT2D eigenvalue weighted by Gasteiger charge is -2.27. The molecule has 22 heavy (non-hydrogen) atoms. The van der Waals surface area contributed by atoms with Crippen molar-refractivity contribution in [2.24, 2.45) is 14.1 Å². The Bertz CT molecular complexity index is 837. The largest absolute Gasteiger partial charge is 0.341 e. The predicted molar refractivity (Wildman–Crippen MR) is 82.9 cm³/mol. The van der Waals surface area contributed by atoms with Gasteiger partial charge in [0.15, 0.2) is 0 Å². The summed E-state index contributed by atoms with van der Waals surface area (Å²) in [5.74, 6) is 0.0327. The number of amides is 1. The van der Waals surface area contributed by atoms with Crippen molar-refractivity contribution in [3.63, 3.8) is 0 Å². The summed E-state index contributed by atoms with van der Waals surface area (Å²) in [5.41, 5.74) is -0.219. The summed E-state index contributed by atoms with van der Waals surface area (Å²) in [6.07, 6.45) is 4.95.